The van der Waals surface area contributed by atoms with Crippen molar-refractivity contribution < 1.29 is 37.4 Å². The van der Waals surface area contributed by atoms with Crippen LogP contribution in [0, 0.1) is 17.5 Å². The number of rotatable bonds is 7. The maximum atomic E-state index is 13.6. The number of benzene rings is 1. The number of hydrogen-bond acceptors (Lipinski definition) is 4. The number of nitrogens with zero attached hydrogens (tertiary/aromatic N) is 1. The first-order valence-corrected chi connectivity index (χ1v) is 8.35. The summed E-state index contributed by atoms with van der Waals surface area (Å²) in [5, 5.41) is 11.0. The predicted octanol–water partition coefficient (Wildman–Crippen LogP) is 1.91. The normalized spacial score (nSPS) is 19.0. The molecule has 1 aliphatic heterocycles. The molecule has 0 aromatic heterocycles. The van der Waals surface area contributed by atoms with Crippen molar-refractivity contribution in [2.45, 2.75) is 38.4 Å². The minimum atomic E-state index is -1.71. The lowest BCUT2D eigenvalue weighted by atomic mass is 10.1. The first kappa shape index (κ1) is 20.7. The third-order valence-corrected chi connectivity index (χ3v) is 4.02. The molecule has 148 valence electrons. The molecule has 1 heterocycles. The third kappa shape index (κ3) is 4.97. The molecule has 2 rings (SSSR count). The average Bonchev–Trinajstić information content (AvgIpc) is 3.12. The number of amides is 2. The summed E-state index contributed by atoms with van der Waals surface area (Å²) in [7, 11) is 0. The standard InChI is InChI=1S/C17H19F3N2O5/c1-2-7-22(16(24)11-5-6-12(27-11)17(25)26)8-13(23)21-10-4-3-9(18)14(19)15(10)20/h3-4,11-12H,2,5-8H2,1H3,(H,21,23)(H,25,26)/t11-,12+/m0/s1. The number of halogens is 3. The molecule has 1 saturated heterocycles. The van der Waals surface area contributed by atoms with E-state index in [2.05, 4.69) is 5.32 Å². The first-order valence-electron chi connectivity index (χ1n) is 8.35. The Kier molecular flexibility index (Phi) is 6.78. The van der Waals surface area contributed by atoms with E-state index in [1.807, 2.05) is 0 Å². The van der Waals surface area contributed by atoms with Crippen molar-refractivity contribution in [3.8, 4) is 0 Å². The highest BCUT2D eigenvalue weighted by Gasteiger charge is 2.37. The lowest BCUT2D eigenvalue weighted by Crippen LogP contribution is -2.44. The van der Waals surface area contributed by atoms with Crippen molar-refractivity contribution in [1.29, 1.82) is 0 Å². The molecule has 0 aliphatic carbocycles. The van der Waals surface area contributed by atoms with Gasteiger partial charge in [-0.3, -0.25) is 9.59 Å². The Labute approximate surface area is 153 Å². The second kappa shape index (κ2) is 8.85. The summed E-state index contributed by atoms with van der Waals surface area (Å²) in [5.41, 5.74) is -0.550. The Morgan fingerprint density at radius 2 is 1.85 bits per heavy atom. The van der Waals surface area contributed by atoms with Gasteiger partial charge in [-0.25, -0.2) is 18.0 Å². The van der Waals surface area contributed by atoms with Crippen LogP contribution in [0.25, 0.3) is 0 Å². The third-order valence-electron chi connectivity index (χ3n) is 4.02. The van der Waals surface area contributed by atoms with Crippen molar-refractivity contribution >= 4 is 23.5 Å². The molecular weight excluding hydrogens is 369 g/mol. The topological polar surface area (TPSA) is 95.9 Å². The van der Waals surface area contributed by atoms with Crippen molar-refractivity contribution in [1.82, 2.24) is 4.90 Å². The molecular formula is C17H19F3N2O5. The van der Waals surface area contributed by atoms with Crippen LogP contribution < -0.4 is 5.32 Å². The molecule has 1 aromatic rings. The zero-order valence-electron chi connectivity index (χ0n) is 14.5. The van der Waals surface area contributed by atoms with Gasteiger partial charge in [0.1, 0.15) is 6.10 Å². The van der Waals surface area contributed by atoms with Gasteiger partial charge in [0.05, 0.1) is 12.2 Å². The van der Waals surface area contributed by atoms with Crippen molar-refractivity contribution in [2.24, 2.45) is 0 Å². The first-order chi connectivity index (χ1) is 12.7. The van der Waals surface area contributed by atoms with E-state index in [9.17, 15) is 27.6 Å². The average molecular weight is 388 g/mol. The highest BCUT2D eigenvalue weighted by Crippen LogP contribution is 2.22. The largest absolute Gasteiger partial charge is 0.479 e. The Balaban J connectivity index is 2.03. The van der Waals surface area contributed by atoms with Crippen LogP contribution >= 0.6 is 0 Å². The molecule has 10 heteroatoms. The minimum absolute atomic E-state index is 0.179. The molecule has 1 aromatic carbocycles. The van der Waals surface area contributed by atoms with E-state index in [1.54, 1.807) is 6.92 Å². The summed E-state index contributed by atoms with van der Waals surface area (Å²) in [5.74, 6) is -7.18. The second-order valence-electron chi connectivity index (χ2n) is 6.06. The maximum absolute atomic E-state index is 13.6. The predicted molar refractivity (Wildman–Crippen MR) is 87.3 cm³/mol. The monoisotopic (exact) mass is 388 g/mol. The number of carbonyl (C=O) groups is 3. The molecule has 2 amide bonds. The minimum Gasteiger partial charge on any atom is -0.479 e. The van der Waals surface area contributed by atoms with Crippen LogP contribution in [0.15, 0.2) is 12.1 Å². The SMILES string of the molecule is CCCN(CC(=O)Nc1ccc(F)c(F)c1F)C(=O)[C@@H]1CC[C@H](C(=O)O)O1. The molecule has 2 N–H and O–H groups in total. The van der Waals surface area contributed by atoms with E-state index < -0.39 is 59.7 Å². The van der Waals surface area contributed by atoms with Gasteiger partial charge in [0, 0.05) is 6.54 Å². The quantitative estimate of drug-likeness (QED) is 0.696. The van der Waals surface area contributed by atoms with Crippen LogP contribution in [0.4, 0.5) is 18.9 Å². The summed E-state index contributed by atoms with van der Waals surface area (Å²) in [6.07, 6.45) is -1.17. The summed E-state index contributed by atoms with van der Waals surface area (Å²) < 4.78 is 45.0. The molecule has 0 radical (unpaired) electrons. The van der Waals surface area contributed by atoms with Crippen LogP contribution in [0.3, 0.4) is 0 Å². The number of carboxylic acid groups (broad SMARTS) is 1. The molecule has 0 bridgehead atoms. The Bertz CT molecular complexity index is 744. The van der Waals surface area contributed by atoms with Gasteiger partial charge in [0.2, 0.25) is 5.91 Å². The molecule has 2 atom stereocenters. The molecule has 0 saturated carbocycles. The number of carboxylic acids is 1. The van der Waals surface area contributed by atoms with Gasteiger partial charge >= 0.3 is 5.97 Å². The Hall–Kier alpha value is -2.62. The molecule has 0 unspecified atom stereocenters. The van der Waals surface area contributed by atoms with E-state index in [0.717, 1.165) is 11.0 Å². The number of carbonyl (C=O) groups excluding carboxylic acids is 2. The van der Waals surface area contributed by atoms with Crippen LogP contribution in [-0.2, 0) is 19.1 Å². The van der Waals surface area contributed by atoms with Crippen LogP contribution in [0.1, 0.15) is 26.2 Å². The lowest BCUT2D eigenvalue weighted by Gasteiger charge is -2.24. The van der Waals surface area contributed by atoms with Crippen LogP contribution in [-0.4, -0.2) is 53.1 Å². The maximum Gasteiger partial charge on any atom is 0.332 e. The highest BCUT2D eigenvalue weighted by molar-refractivity contribution is 5.95. The van der Waals surface area contributed by atoms with Gasteiger partial charge in [-0.1, -0.05) is 6.92 Å². The number of anilines is 1. The molecule has 0 spiro atoms. The lowest BCUT2D eigenvalue weighted by molar-refractivity contribution is -0.155. The molecule has 27 heavy (non-hydrogen) atoms. The van der Waals surface area contributed by atoms with Gasteiger partial charge in [0.25, 0.3) is 5.91 Å². The molecule has 1 aliphatic rings. The van der Waals surface area contributed by atoms with E-state index in [1.165, 1.54) is 0 Å². The van der Waals surface area contributed by atoms with Gasteiger partial charge in [-0.05, 0) is 31.4 Å². The van der Waals surface area contributed by atoms with Crippen molar-refractivity contribution in [3.05, 3.63) is 29.6 Å². The van der Waals surface area contributed by atoms with E-state index in [-0.39, 0.29) is 19.4 Å². The number of nitrogens with one attached hydrogen (secondary N) is 1. The highest BCUT2D eigenvalue weighted by atomic mass is 19.2. The van der Waals surface area contributed by atoms with Gasteiger partial charge in [-0.2, -0.15) is 0 Å². The fourth-order valence-electron chi connectivity index (χ4n) is 2.73. The summed E-state index contributed by atoms with van der Waals surface area (Å²) >= 11 is 0. The summed E-state index contributed by atoms with van der Waals surface area (Å²) in [6, 6.07) is 1.54. The number of aliphatic carboxylic acids is 1. The van der Waals surface area contributed by atoms with Crippen molar-refractivity contribution in [3.63, 3.8) is 0 Å². The number of hydrogen-bond donors (Lipinski definition) is 2. The summed E-state index contributed by atoms with van der Waals surface area (Å²) in [4.78, 5) is 36.7. The zero-order chi connectivity index (χ0) is 20.1. The second-order valence-corrected chi connectivity index (χ2v) is 6.06. The smallest absolute Gasteiger partial charge is 0.332 e. The fourth-order valence-corrected chi connectivity index (χ4v) is 2.73. The molecule has 1 fully saturated rings. The van der Waals surface area contributed by atoms with Gasteiger partial charge in [0.15, 0.2) is 23.6 Å². The van der Waals surface area contributed by atoms with E-state index >= 15 is 0 Å². The van der Waals surface area contributed by atoms with Crippen LogP contribution in [0.5, 0.6) is 0 Å². The Morgan fingerprint density at radius 1 is 1.19 bits per heavy atom. The van der Waals surface area contributed by atoms with E-state index in [4.69, 9.17) is 9.84 Å². The molecule has 7 nitrogen and oxygen atoms in total. The Morgan fingerprint density at radius 3 is 2.44 bits per heavy atom. The van der Waals surface area contributed by atoms with E-state index in [0.29, 0.717) is 12.5 Å². The van der Waals surface area contributed by atoms with Gasteiger partial charge in [-0.15, -0.1) is 0 Å². The van der Waals surface area contributed by atoms with Gasteiger partial charge < -0.3 is 20.1 Å². The van der Waals surface area contributed by atoms with Crippen LogP contribution in [0.2, 0.25) is 0 Å². The van der Waals surface area contributed by atoms with Crippen molar-refractivity contribution in [2.75, 3.05) is 18.4 Å². The fraction of sp³-hybridized carbons (Fsp3) is 0.471. The number of ether oxygens (including phenoxy) is 1. The zero-order valence-corrected chi connectivity index (χ0v) is 14.5. The summed E-state index contributed by atoms with van der Waals surface area (Å²) in [6.45, 7) is 1.48.